The Hall–Kier alpha value is -0.720. The van der Waals surface area contributed by atoms with Gasteiger partial charge in [0.1, 0.15) is 0 Å². The van der Waals surface area contributed by atoms with Crippen LogP contribution in [0, 0.1) is 5.41 Å². The van der Waals surface area contributed by atoms with Crippen LogP contribution in [0.25, 0.3) is 0 Å². The number of aryl methyl sites for hydroxylation is 1. The van der Waals surface area contributed by atoms with Crippen LogP contribution in [0.1, 0.15) is 34.6 Å². The third-order valence-electron chi connectivity index (χ3n) is 1.03. The number of hydrogen-bond acceptors (Lipinski definition) is 0. The quantitative estimate of drug-likeness (QED) is 0.602. The van der Waals surface area contributed by atoms with Crippen molar-refractivity contribution in [3.63, 3.8) is 0 Å². The van der Waals surface area contributed by atoms with Crippen LogP contribution in [-0.2, 0) is 6.54 Å². The Morgan fingerprint density at radius 2 is 1.33 bits per heavy atom. The van der Waals surface area contributed by atoms with E-state index in [0.717, 1.165) is 6.54 Å². The van der Waals surface area contributed by atoms with Gasteiger partial charge in [0.05, 0.1) is 0 Å². The van der Waals surface area contributed by atoms with E-state index in [1.54, 1.807) is 0 Å². The van der Waals surface area contributed by atoms with E-state index in [1.807, 2.05) is 12.1 Å². The zero-order valence-electron chi connectivity index (χ0n) is 8.96. The molecule has 1 aromatic rings. The summed E-state index contributed by atoms with van der Waals surface area (Å²) in [4.78, 5) is 0. The van der Waals surface area contributed by atoms with Gasteiger partial charge in [0.2, 0.25) is 0 Å². The van der Waals surface area contributed by atoms with E-state index in [2.05, 4.69) is 51.6 Å². The molecule has 0 saturated carbocycles. The van der Waals surface area contributed by atoms with Gasteiger partial charge >= 0.3 is 0 Å². The second-order valence-electron chi connectivity index (χ2n) is 4.51. The first-order valence-electron chi connectivity index (χ1n) is 4.54. The average Bonchev–Trinajstić information content (AvgIpc) is 2.33. The summed E-state index contributed by atoms with van der Waals surface area (Å²) in [5.74, 6) is 0. The summed E-state index contributed by atoms with van der Waals surface area (Å²) in [6.07, 6.45) is 4.11. The molecule has 0 saturated heterocycles. The first kappa shape index (κ1) is 11.3. The van der Waals surface area contributed by atoms with Crippen LogP contribution in [0.5, 0.6) is 0 Å². The monoisotopic (exact) mass is 167 g/mol. The van der Waals surface area contributed by atoms with Gasteiger partial charge in [0.15, 0.2) is 0 Å². The van der Waals surface area contributed by atoms with Crippen molar-refractivity contribution < 1.29 is 0 Å². The highest BCUT2D eigenvalue weighted by Crippen LogP contribution is 2.08. The third kappa shape index (κ3) is 9.28. The molecule has 1 rings (SSSR count). The molecule has 70 valence electrons. The molecule has 0 bridgehead atoms. The summed E-state index contributed by atoms with van der Waals surface area (Å²) in [5, 5.41) is 0. The fraction of sp³-hybridized carbons (Fsp3) is 0.636. The number of rotatable bonds is 1. The zero-order chi connectivity index (χ0) is 9.61. The van der Waals surface area contributed by atoms with Crippen LogP contribution in [0.3, 0.4) is 0 Å². The summed E-state index contributed by atoms with van der Waals surface area (Å²) in [6.45, 7) is 12.0. The van der Waals surface area contributed by atoms with Crippen LogP contribution < -0.4 is 0 Å². The van der Waals surface area contributed by atoms with E-state index in [9.17, 15) is 0 Å². The van der Waals surface area contributed by atoms with Crippen molar-refractivity contribution in [1.29, 1.82) is 0 Å². The lowest BCUT2D eigenvalue weighted by Crippen LogP contribution is -1.93. The Balaban J connectivity index is 0.000000217. The summed E-state index contributed by atoms with van der Waals surface area (Å²) < 4.78 is 2.12. The lowest BCUT2D eigenvalue weighted by atomic mass is 10.0. The van der Waals surface area contributed by atoms with Crippen molar-refractivity contribution >= 4 is 0 Å². The Morgan fingerprint density at radius 3 is 1.50 bits per heavy atom. The van der Waals surface area contributed by atoms with Crippen LogP contribution in [-0.4, -0.2) is 4.57 Å². The Kier molecular flexibility index (Phi) is 4.72. The Bertz CT molecular complexity index is 173. The highest BCUT2D eigenvalue weighted by Gasteiger charge is 1.95. The maximum Gasteiger partial charge on any atom is 0.0191 e. The molecule has 0 fully saturated rings. The molecule has 12 heavy (non-hydrogen) atoms. The molecule has 0 unspecified atom stereocenters. The van der Waals surface area contributed by atoms with Crippen LogP contribution in [0.2, 0.25) is 0 Å². The molecule has 0 spiro atoms. The van der Waals surface area contributed by atoms with E-state index in [0.29, 0.717) is 5.41 Å². The van der Waals surface area contributed by atoms with Gasteiger partial charge in [-0.3, -0.25) is 0 Å². The van der Waals surface area contributed by atoms with E-state index in [1.165, 1.54) is 0 Å². The molecule has 0 amide bonds. The maximum absolute atomic E-state index is 2.19. The first-order valence-corrected chi connectivity index (χ1v) is 4.54. The second kappa shape index (κ2) is 5.02. The van der Waals surface area contributed by atoms with Gasteiger partial charge in [-0.1, -0.05) is 27.7 Å². The number of hydrogen-bond donors (Lipinski definition) is 0. The minimum atomic E-state index is 0.500. The van der Waals surface area contributed by atoms with Gasteiger partial charge in [-0.05, 0) is 24.5 Å². The summed E-state index contributed by atoms with van der Waals surface area (Å²) in [6, 6.07) is 4.06. The Labute approximate surface area is 76.4 Å². The minimum Gasteiger partial charge on any atom is -0.355 e. The zero-order valence-corrected chi connectivity index (χ0v) is 8.96. The predicted octanol–water partition coefficient (Wildman–Crippen LogP) is 3.56. The number of aromatic nitrogens is 1. The van der Waals surface area contributed by atoms with Crippen molar-refractivity contribution in [2.75, 3.05) is 0 Å². The average molecular weight is 167 g/mol. The summed E-state index contributed by atoms with van der Waals surface area (Å²) in [5.41, 5.74) is 0.500. The molecular weight excluding hydrogens is 146 g/mol. The SMILES string of the molecule is CC(C)(C)C.CCn1cccc1. The number of nitrogens with zero attached hydrogens (tertiary/aromatic N) is 1. The van der Waals surface area contributed by atoms with Crippen LogP contribution in [0.4, 0.5) is 0 Å². The van der Waals surface area contributed by atoms with Crippen LogP contribution >= 0.6 is 0 Å². The minimum absolute atomic E-state index is 0.500. The summed E-state index contributed by atoms with van der Waals surface area (Å²) in [7, 11) is 0. The second-order valence-corrected chi connectivity index (χ2v) is 4.51. The normalized spacial score (nSPS) is 10.4. The standard InChI is InChI=1S/C6H9N.C5H12/c1-2-7-5-3-4-6-7;1-5(2,3)4/h3-6H,2H2,1H3;1-4H3. The van der Waals surface area contributed by atoms with Crippen molar-refractivity contribution in [3.05, 3.63) is 24.5 Å². The molecule has 0 aliphatic rings. The fourth-order valence-corrected chi connectivity index (χ4v) is 0.581. The highest BCUT2D eigenvalue weighted by atomic mass is 14.9. The molecule has 0 atom stereocenters. The van der Waals surface area contributed by atoms with Crippen molar-refractivity contribution in [3.8, 4) is 0 Å². The van der Waals surface area contributed by atoms with E-state index in [4.69, 9.17) is 0 Å². The molecule has 1 heterocycles. The molecule has 0 aliphatic heterocycles. The highest BCUT2D eigenvalue weighted by molar-refractivity contribution is 4.89. The summed E-state index contributed by atoms with van der Waals surface area (Å²) >= 11 is 0. The van der Waals surface area contributed by atoms with Crippen molar-refractivity contribution in [2.45, 2.75) is 41.2 Å². The van der Waals surface area contributed by atoms with Gasteiger partial charge in [-0.15, -0.1) is 0 Å². The third-order valence-corrected chi connectivity index (χ3v) is 1.03. The molecule has 0 aromatic carbocycles. The van der Waals surface area contributed by atoms with Crippen molar-refractivity contribution in [1.82, 2.24) is 4.57 Å². The van der Waals surface area contributed by atoms with E-state index in [-0.39, 0.29) is 0 Å². The maximum atomic E-state index is 2.19. The largest absolute Gasteiger partial charge is 0.355 e. The molecule has 1 heteroatoms. The van der Waals surface area contributed by atoms with Gasteiger partial charge in [0, 0.05) is 18.9 Å². The van der Waals surface area contributed by atoms with Gasteiger partial charge < -0.3 is 4.57 Å². The lowest BCUT2D eigenvalue weighted by Gasteiger charge is -2.05. The van der Waals surface area contributed by atoms with Gasteiger partial charge in [-0.25, -0.2) is 0 Å². The molecule has 1 aromatic heterocycles. The lowest BCUT2D eigenvalue weighted by molar-refractivity contribution is 0.469. The molecule has 0 N–H and O–H groups in total. The first-order chi connectivity index (χ1) is 5.43. The van der Waals surface area contributed by atoms with Crippen molar-refractivity contribution in [2.24, 2.45) is 5.41 Å². The molecular formula is C11H21N. The predicted molar refractivity (Wildman–Crippen MR) is 55.2 cm³/mol. The van der Waals surface area contributed by atoms with Crippen LogP contribution in [0.15, 0.2) is 24.5 Å². The fourth-order valence-electron chi connectivity index (χ4n) is 0.581. The molecule has 1 nitrogen and oxygen atoms in total. The van der Waals surface area contributed by atoms with E-state index >= 15 is 0 Å². The smallest absolute Gasteiger partial charge is 0.0191 e. The topological polar surface area (TPSA) is 4.93 Å². The van der Waals surface area contributed by atoms with Gasteiger partial charge in [0.25, 0.3) is 0 Å². The van der Waals surface area contributed by atoms with E-state index < -0.39 is 0 Å². The van der Waals surface area contributed by atoms with Gasteiger partial charge in [-0.2, -0.15) is 0 Å². The molecule has 0 aliphatic carbocycles. The Morgan fingerprint density at radius 1 is 1.00 bits per heavy atom. The molecule has 0 radical (unpaired) electrons.